The summed E-state index contributed by atoms with van der Waals surface area (Å²) in [6, 6.07) is 13.6. The van der Waals surface area contributed by atoms with Gasteiger partial charge in [0.15, 0.2) is 5.11 Å². The molecule has 0 aromatic heterocycles. The first-order chi connectivity index (χ1) is 10.5. The van der Waals surface area contributed by atoms with Crippen molar-refractivity contribution in [1.82, 2.24) is 5.32 Å². The van der Waals surface area contributed by atoms with Gasteiger partial charge < -0.3 is 10.4 Å². The Kier molecular flexibility index (Phi) is 5.52. The number of carbonyl (C=O) groups is 1. The van der Waals surface area contributed by atoms with Crippen LogP contribution in [0.25, 0.3) is 6.08 Å². The van der Waals surface area contributed by atoms with Gasteiger partial charge in [-0.3, -0.25) is 10.1 Å². The van der Waals surface area contributed by atoms with Crippen molar-refractivity contribution in [1.29, 1.82) is 0 Å². The van der Waals surface area contributed by atoms with E-state index in [-0.39, 0.29) is 16.8 Å². The molecule has 0 spiro atoms. The second kappa shape index (κ2) is 7.59. The van der Waals surface area contributed by atoms with Gasteiger partial charge in [-0.25, -0.2) is 0 Å². The Morgan fingerprint density at radius 2 is 1.95 bits per heavy atom. The summed E-state index contributed by atoms with van der Waals surface area (Å²) in [5.74, 6) is -0.268. The molecule has 22 heavy (non-hydrogen) atoms. The molecular weight excluding hydrogens is 320 g/mol. The lowest BCUT2D eigenvalue weighted by atomic mass is 10.2. The molecule has 0 fully saturated rings. The molecule has 0 bridgehead atoms. The molecule has 0 saturated heterocycles. The van der Waals surface area contributed by atoms with Gasteiger partial charge in [0.25, 0.3) is 0 Å². The third-order valence-corrected chi connectivity index (χ3v) is 3.21. The Morgan fingerprint density at radius 1 is 1.18 bits per heavy atom. The Labute approximate surface area is 138 Å². The van der Waals surface area contributed by atoms with E-state index in [1.807, 2.05) is 12.1 Å². The van der Waals surface area contributed by atoms with Crippen LogP contribution in [0.3, 0.4) is 0 Å². The molecule has 2 aromatic rings. The summed E-state index contributed by atoms with van der Waals surface area (Å²) in [6.45, 7) is 0. The zero-order chi connectivity index (χ0) is 15.9. The summed E-state index contributed by atoms with van der Waals surface area (Å²) in [5, 5.41) is 15.4. The predicted molar refractivity (Wildman–Crippen MR) is 93.0 cm³/mol. The summed E-state index contributed by atoms with van der Waals surface area (Å²) >= 11 is 11.0. The average Bonchev–Trinajstić information content (AvgIpc) is 2.46. The number of anilines is 1. The van der Waals surface area contributed by atoms with Crippen molar-refractivity contribution in [3.63, 3.8) is 0 Å². The van der Waals surface area contributed by atoms with E-state index in [1.165, 1.54) is 12.1 Å². The van der Waals surface area contributed by atoms with Crippen molar-refractivity contribution in [3.05, 3.63) is 65.2 Å². The number of amides is 1. The van der Waals surface area contributed by atoms with Gasteiger partial charge in [0.2, 0.25) is 5.91 Å². The number of hydrogen-bond donors (Lipinski definition) is 3. The molecule has 2 rings (SSSR count). The summed E-state index contributed by atoms with van der Waals surface area (Å²) in [5.41, 5.74) is 1.33. The van der Waals surface area contributed by atoms with Crippen molar-refractivity contribution in [2.24, 2.45) is 0 Å². The van der Waals surface area contributed by atoms with Crippen LogP contribution in [0.2, 0.25) is 5.02 Å². The Hall–Kier alpha value is -2.37. The Balaban J connectivity index is 1.92. The minimum absolute atomic E-state index is 0.109. The van der Waals surface area contributed by atoms with E-state index in [0.717, 1.165) is 5.56 Å². The normalized spacial score (nSPS) is 10.4. The molecule has 3 N–H and O–H groups in total. The zero-order valence-electron chi connectivity index (χ0n) is 11.4. The van der Waals surface area contributed by atoms with Gasteiger partial charge in [-0.1, -0.05) is 35.9 Å². The van der Waals surface area contributed by atoms with Crippen LogP contribution in [-0.2, 0) is 4.79 Å². The molecule has 0 aliphatic heterocycles. The van der Waals surface area contributed by atoms with Crippen LogP contribution in [0, 0.1) is 0 Å². The highest BCUT2D eigenvalue weighted by molar-refractivity contribution is 7.80. The number of halogens is 1. The van der Waals surface area contributed by atoms with Crippen LogP contribution in [0.4, 0.5) is 5.69 Å². The highest BCUT2D eigenvalue weighted by Crippen LogP contribution is 2.16. The van der Waals surface area contributed by atoms with Crippen molar-refractivity contribution in [2.75, 3.05) is 5.32 Å². The first-order valence-corrected chi connectivity index (χ1v) is 7.17. The third kappa shape index (κ3) is 4.87. The van der Waals surface area contributed by atoms with Crippen LogP contribution in [0.5, 0.6) is 5.75 Å². The van der Waals surface area contributed by atoms with E-state index in [2.05, 4.69) is 10.6 Å². The highest BCUT2D eigenvalue weighted by Gasteiger charge is 2.02. The molecule has 0 aliphatic carbocycles. The van der Waals surface area contributed by atoms with Crippen LogP contribution < -0.4 is 10.6 Å². The molecule has 0 aliphatic rings. The second-order valence-corrected chi connectivity index (χ2v) is 5.16. The van der Waals surface area contributed by atoms with Crippen molar-refractivity contribution in [3.8, 4) is 5.75 Å². The zero-order valence-corrected chi connectivity index (χ0v) is 13.0. The number of carbonyl (C=O) groups excluding carboxylic acids is 1. The number of nitrogens with one attached hydrogen (secondary N) is 2. The molecule has 6 heteroatoms. The van der Waals surface area contributed by atoms with Gasteiger partial charge in [-0.15, -0.1) is 0 Å². The summed E-state index contributed by atoms with van der Waals surface area (Å²) in [7, 11) is 0. The van der Waals surface area contributed by atoms with E-state index in [9.17, 15) is 9.90 Å². The SMILES string of the molecule is O=C(C=Cc1ccccc1Cl)NC(=S)Nc1cccc(O)c1. The minimum atomic E-state index is -0.377. The first-order valence-electron chi connectivity index (χ1n) is 6.38. The van der Waals surface area contributed by atoms with E-state index in [0.29, 0.717) is 10.7 Å². The molecule has 0 heterocycles. The molecule has 2 aromatic carbocycles. The van der Waals surface area contributed by atoms with E-state index in [4.69, 9.17) is 23.8 Å². The van der Waals surface area contributed by atoms with E-state index in [1.54, 1.807) is 36.4 Å². The van der Waals surface area contributed by atoms with E-state index < -0.39 is 0 Å². The third-order valence-electron chi connectivity index (χ3n) is 2.66. The Morgan fingerprint density at radius 3 is 2.68 bits per heavy atom. The van der Waals surface area contributed by atoms with Crippen molar-refractivity contribution >= 4 is 46.6 Å². The Bertz CT molecular complexity index is 732. The number of thiocarbonyl (C=S) groups is 1. The van der Waals surface area contributed by atoms with Gasteiger partial charge in [0.05, 0.1) is 0 Å². The van der Waals surface area contributed by atoms with Crippen LogP contribution in [0.1, 0.15) is 5.56 Å². The van der Waals surface area contributed by atoms with Crippen LogP contribution >= 0.6 is 23.8 Å². The predicted octanol–water partition coefficient (Wildman–Crippen LogP) is 3.57. The number of phenols is 1. The molecule has 0 atom stereocenters. The smallest absolute Gasteiger partial charge is 0.250 e. The fourth-order valence-electron chi connectivity index (χ4n) is 1.68. The average molecular weight is 333 g/mol. The topological polar surface area (TPSA) is 61.4 Å². The monoisotopic (exact) mass is 332 g/mol. The van der Waals surface area contributed by atoms with Crippen LogP contribution in [-0.4, -0.2) is 16.1 Å². The van der Waals surface area contributed by atoms with E-state index >= 15 is 0 Å². The summed E-state index contributed by atoms with van der Waals surface area (Å²) < 4.78 is 0. The second-order valence-electron chi connectivity index (χ2n) is 4.35. The molecule has 4 nitrogen and oxygen atoms in total. The van der Waals surface area contributed by atoms with Gasteiger partial charge >= 0.3 is 0 Å². The highest BCUT2D eigenvalue weighted by atomic mass is 35.5. The fourth-order valence-corrected chi connectivity index (χ4v) is 2.09. The maximum Gasteiger partial charge on any atom is 0.250 e. The largest absolute Gasteiger partial charge is 0.508 e. The molecule has 112 valence electrons. The number of rotatable bonds is 3. The number of hydrogen-bond acceptors (Lipinski definition) is 3. The maximum atomic E-state index is 11.8. The lowest BCUT2D eigenvalue weighted by molar-refractivity contribution is -0.115. The molecule has 0 radical (unpaired) electrons. The fraction of sp³-hybridized carbons (Fsp3) is 0. The van der Waals surface area contributed by atoms with Gasteiger partial charge in [0.1, 0.15) is 5.75 Å². The van der Waals surface area contributed by atoms with Gasteiger partial charge in [-0.2, -0.15) is 0 Å². The quantitative estimate of drug-likeness (QED) is 0.594. The van der Waals surface area contributed by atoms with Crippen molar-refractivity contribution < 1.29 is 9.90 Å². The standard InChI is InChI=1S/C16H13ClN2O2S/c17-14-7-2-1-4-11(14)8-9-15(21)19-16(22)18-12-5-3-6-13(20)10-12/h1-10,20H,(H2,18,19,21,22). The maximum absolute atomic E-state index is 11.8. The lowest BCUT2D eigenvalue weighted by Crippen LogP contribution is -2.32. The minimum Gasteiger partial charge on any atom is -0.508 e. The van der Waals surface area contributed by atoms with Gasteiger partial charge in [0, 0.05) is 22.9 Å². The number of aromatic hydroxyl groups is 1. The molecule has 0 saturated carbocycles. The van der Waals surface area contributed by atoms with Crippen molar-refractivity contribution in [2.45, 2.75) is 0 Å². The van der Waals surface area contributed by atoms with Gasteiger partial charge in [-0.05, 0) is 42.1 Å². The van der Waals surface area contributed by atoms with Crippen LogP contribution in [0.15, 0.2) is 54.6 Å². The summed E-state index contributed by atoms with van der Waals surface area (Å²) in [6.07, 6.45) is 2.95. The first kappa shape index (κ1) is 16.0. The summed E-state index contributed by atoms with van der Waals surface area (Å²) in [4.78, 5) is 11.8. The molecule has 0 unspecified atom stereocenters. The molecule has 1 amide bonds. The number of phenolic OH excluding ortho intramolecular Hbond substituents is 1. The lowest BCUT2D eigenvalue weighted by Gasteiger charge is -2.08. The molecular formula is C16H13ClN2O2S. The number of benzene rings is 2.